The maximum Gasteiger partial charge on any atom is 0.413 e. The lowest BCUT2D eigenvalue weighted by Crippen LogP contribution is -2.27. The molecule has 0 saturated heterocycles. The van der Waals surface area contributed by atoms with Crippen LogP contribution < -0.4 is 10.6 Å². The van der Waals surface area contributed by atoms with Gasteiger partial charge in [0.1, 0.15) is 17.7 Å². The molecule has 0 aliphatic carbocycles. The van der Waals surface area contributed by atoms with Gasteiger partial charge in [0.05, 0.1) is 6.42 Å². The quantitative estimate of drug-likeness (QED) is 0.291. The van der Waals surface area contributed by atoms with Gasteiger partial charge in [-0.15, -0.1) is 0 Å². The first-order valence-corrected chi connectivity index (χ1v) is 12.0. The van der Waals surface area contributed by atoms with Crippen molar-refractivity contribution in [2.45, 2.75) is 53.2 Å². The van der Waals surface area contributed by atoms with Gasteiger partial charge in [0, 0.05) is 22.3 Å². The molecule has 3 heterocycles. The lowest BCUT2D eigenvalue weighted by Gasteiger charge is -2.20. The Kier molecular flexibility index (Phi) is 7.33. The van der Waals surface area contributed by atoms with E-state index in [1.165, 1.54) is 6.33 Å². The summed E-state index contributed by atoms with van der Waals surface area (Å²) in [6.45, 7) is 9.67. The fraction of sp³-hybridized carbons (Fsp3) is 0.320. The zero-order chi connectivity index (χ0) is 26.0. The molecule has 0 radical (unpaired) electrons. The van der Waals surface area contributed by atoms with E-state index in [1.54, 1.807) is 45.0 Å². The second-order valence-corrected chi connectivity index (χ2v) is 10.0. The molecule has 0 saturated carbocycles. The number of carbonyl (C=O) groups is 1. The SMILES string of the molecule is Cc1cc(NC(=O)OC(C)(C)C)nc(C)c1CNc1ncnc2oc(Cc3c(Cl)cccc3Cl)nc12. The molecule has 0 aliphatic rings. The van der Waals surface area contributed by atoms with E-state index in [1.807, 2.05) is 13.8 Å². The number of rotatable bonds is 6. The molecule has 0 unspecified atom stereocenters. The summed E-state index contributed by atoms with van der Waals surface area (Å²) in [6.07, 6.45) is 1.18. The van der Waals surface area contributed by atoms with E-state index in [2.05, 4.69) is 30.6 Å². The average molecular weight is 529 g/mol. The van der Waals surface area contributed by atoms with Gasteiger partial charge in [-0.3, -0.25) is 5.32 Å². The van der Waals surface area contributed by atoms with E-state index < -0.39 is 11.7 Å². The molecule has 0 fully saturated rings. The van der Waals surface area contributed by atoms with Crippen LogP contribution in [0.25, 0.3) is 11.2 Å². The average Bonchev–Trinajstić information content (AvgIpc) is 3.18. The predicted octanol–water partition coefficient (Wildman–Crippen LogP) is 6.49. The van der Waals surface area contributed by atoms with Gasteiger partial charge < -0.3 is 14.5 Å². The third-order valence-electron chi connectivity index (χ3n) is 5.25. The number of nitrogens with zero attached hydrogens (tertiary/aromatic N) is 4. The third kappa shape index (κ3) is 6.03. The van der Waals surface area contributed by atoms with Crippen LogP contribution in [0.2, 0.25) is 10.0 Å². The molecule has 3 aromatic heterocycles. The minimum Gasteiger partial charge on any atom is -0.444 e. The van der Waals surface area contributed by atoms with Gasteiger partial charge in [-0.1, -0.05) is 29.3 Å². The fourth-order valence-electron chi connectivity index (χ4n) is 3.62. The van der Waals surface area contributed by atoms with Gasteiger partial charge in [0.2, 0.25) is 5.89 Å². The van der Waals surface area contributed by atoms with Gasteiger partial charge >= 0.3 is 6.09 Å². The number of nitrogens with one attached hydrogen (secondary N) is 2. The minimum absolute atomic E-state index is 0.322. The standard InChI is InChI=1S/C25H26Cl2N6O3/c1-13-9-19(32-24(34)36-25(3,4)5)31-14(2)16(13)11-28-22-21-23(30-12-29-22)35-20(33-21)10-15-17(26)7-6-8-18(15)27/h6-9,12H,10-11H2,1-5H3,(H,28,29,30)(H,31,32,34). The van der Waals surface area contributed by atoms with Crippen molar-refractivity contribution in [1.29, 1.82) is 0 Å². The van der Waals surface area contributed by atoms with E-state index in [0.29, 0.717) is 51.8 Å². The highest BCUT2D eigenvalue weighted by Crippen LogP contribution is 2.29. The largest absolute Gasteiger partial charge is 0.444 e. The number of pyridine rings is 1. The Morgan fingerprint density at radius 3 is 2.47 bits per heavy atom. The van der Waals surface area contributed by atoms with Gasteiger partial charge in [0.25, 0.3) is 5.71 Å². The lowest BCUT2D eigenvalue weighted by molar-refractivity contribution is 0.0635. The third-order valence-corrected chi connectivity index (χ3v) is 5.95. The first kappa shape index (κ1) is 25.7. The molecular weight excluding hydrogens is 503 g/mol. The number of fused-ring (bicyclic) bond motifs is 1. The Morgan fingerprint density at radius 1 is 1.08 bits per heavy atom. The molecule has 4 aromatic rings. The highest BCUT2D eigenvalue weighted by Gasteiger charge is 2.18. The molecule has 36 heavy (non-hydrogen) atoms. The number of aryl methyl sites for hydroxylation is 2. The Morgan fingerprint density at radius 2 is 1.81 bits per heavy atom. The van der Waals surface area contributed by atoms with Crippen molar-refractivity contribution < 1.29 is 13.9 Å². The van der Waals surface area contributed by atoms with E-state index in [0.717, 1.165) is 22.4 Å². The number of ether oxygens (including phenoxy) is 1. The summed E-state index contributed by atoms with van der Waals surface area (Å²) >= 11 is 12.6. The van der Waals surface area contributed by atoms with Gasteiger partial charge in [-0.25, -0.2) is 19.7 Å². The number of anilines is 2. The number of carbonyl (C=O) groups excluding carboxylic acids is 1. The van der Waals surface area contributed by atoms with E-state index in [9.17, 15) is 4.79 Å². The number of oxazole rings is 1. The van der Waals surface area contributed by atoms with Crippen LogP contribution in [0.1, 0.15) is 49.0 Å². The predicted molar refractivity (Wildman–Crippen MR) is 140 cm³/mol. The summed E-state index contributed by atoms with van der Waals surface area (Å²) in [4.78, 5) is 29.7. The molecule has 2 N–H and O–H groups in total. The summed E-state index contributed by atoms with van der Waals surface area (Å²) in [7, 11) is 0. The van der Waals surface area contributed by atoms with Crippen molar-refractivity contribution in [2.75, 3.05) is 10.6 Å². The number of hydrogen-bond acceptors (Lipinski definition) is 8. The van der Waals surface area contributed by atoms with Crippen LogP contribution in [-0.2, 0) is 17.7 Å². The van der Waals surface area contributed by atoms with Gasteiger partial charge in [-0.2, -0.15) is 4.98 Å². The molecule has 11 heteroatoms. The molecule has 1 aromatic carbocycles. The maximum absolute atomic E-state index is 12.1. The number of benzene rings is 1. The normalized spacial score (nSPS) is 11.5. The summed E-state index contributed by atoms with van der Waals surface area (Å²) in [6, 6.07) is 7.12. The van der Waals surface area contributed by atoms with E-state index in [-0.39, 0.29) is 0 Å². The van der Waals surface area contributed by atoms with Crippen LogP contribution in [0, 0.1) is 13.8 Å². The highest BCUT2D eigenvalue weighted by molar-refractivity contribution is 6.36. The molecule has 9 nitrogen and oxygen atoms in total. The molecule has 0 aliphatic heterocycles. The van der Waals surface area contributed by atoms with Crippen molar-refractivity contribution in [3.63, 3.8) is 0 Å². The molecule has 0 bridgehead atoms. The second kappa shape index (κ2) is 10.3. The van der Waals surface area contributed by atoms with Gasteiger partial charge in [0.15, 0.2) is 11.3 Å². The van der Waals surface area contributed by atoms with Crippen molar-refractivity contribution in [2.24, 2.45) is 0 Å². The summed E-state index contributed by atoms with van der Waals surface area (Å²) < 4.78 is 11.1. The van der Waals surface area contributed by atoms with Crippen LogP contribution in [-0.4, -0.2) is 31.6 Å². The molecule has 1 amide bonds. The van der Waals surface area contributed by atoms with Gasteiger partial charge in [-0.05, 0) is 69.5 Å². The molecule has 188 valence electrons. The number of amides is 1. The first-order chi connectivity index (χ1) is 17.0. The van der Waals surface area contributed by atoms with Crippen molar-refractivity contribution >= 4 is 52.2 Å². The Balaban J connectivity index is 1.51. The van der Waals surface area contributed by atoms with Crippen molar-refractivity contribution in [3.05, 3.63) is 68.9 Å². The molecule has 0 atom stereocenters. The smallest absolute Gasteiger partial charge is 0.413 e. The zero-order valence-electron chi connectivity index (χ0n) is 20.6. The topological polar surface area (TPSA) is 115 Å². The Hall–Kier alpha value is -3.43. The zero-order valence-corrected chi connectivity index (χ0v) is 22.1. The van der Waals surface area contributed by atoms with Crippen LogP contribution in [0.15, 0.2) is 35.0 Å². The first-order valence-electron chi connectivity index (χ1n) is 11.2. The van der Waals surface area contributed by atoms with Crippen LogP contribution in [0.3, 0.4) is 0 Å². The van der Waals surface area contributed by atoms with E-state index >= 15 is 0 Å². The highest BCUT2D eigenvalue weighted by atomic mass is 35.5. The molecular formula is C25H26Cl2N6O3. The summed E-state index contributed by atoms with van der Waals surface area (Å²) in [5, 5.41) is 7.06. The fourth-order valence-corrected chi connectivity index (χ4v) is 4.16. The number of aromatic nitrogens is 4. The van der Waals surface area contributed by atoms with Crippen molar-refractivity contribution in [3.8, 4) is 0 Å². The summed E-state index contributed by atoms with van der Waals surface area (Å²) in [5.41, 5.74) is 3.65. The summed E-state index contributed by atoms with van der Waals surface area (Å²) in [5.74, 6) is 1.37. The van der Waals surface area contributed by atoms with E-state index in [4.69, 9.17) is 32.4 Å². The molecule has 4 rings (SSSR count). The van der Waals surface area contributed by atoms with Crippen LogP contribution in [0.5, 0.6) is 0 Å². The Bertz CT molecular complexity index is 1390. The monoisotopic (exact) mass is 528 g/mol. The maximum atomic E-state index is 12.1. The lowest BCUT2D eigenvalue weighted by atomic mass is 10.1. The number of hydrogen-bond donors (Lipinski definition) is 2. The number of halogens is 2. The minimum atomic E-state index is -0.596. The van der Waals surface area contributed by atoms with Crippen LogP contribution >= 0.6 is 23.2 Å². The Labute approximate surface area is 218 Å². The molecule has 0 spiro atoms. The van der Waals surface area contributed by atoms with Crippen LogP contribution in [0.4, 0.5) is 16.4 Å². The second-order valence-electron chi connectivity index (χ2n) is 9.23. The van der Waals surface area contributed by atoms with Crippen molar-refractivity contribution in [1.82, 2.24) is 19.9 Å².